The van der Waals surface area contributed by atoms with Crippen LogP contribution in [0.15, 0.2) is 49.1 Å². The van der Waals surface area contributed by atoms with Crippen LogP contribution in [-0.4, -0.2) is 22.3 Å². The van der Waals surface area contributed by atoms with Crippen LogP contribution in [0.2, 0.25) is 0 Å². The first kappa shape index (κ1) is 15.7. The molecule has 0 radical (unpaired) electrons. The van der Waals surface area contributed by atoms with E-state index in [1.165, 1.54) is 5.56 Å². The summed E-state index contributed by atoms with van der Waals surface area (Å²) in [6.07, 6.45) is 6.32. The number of aromatic nitrogens is 3. The average Bonchev–Trinajstić information content (AvgIpc) is 2.87. The largest absolute Gasteiger partial charge is 0.497 e. The first-order valence-electron chi connectivity index (χ1n) is 6.44. The molecule has 0 unspecified atom stereocenters. The summed E-state index contributed by atoms with van der Waals surface area (Å²) in [5, 5.41) is 6.91. The number of nitrogens with zero attached hydrogens (tertiary/aromatic N) is 2. The Morgan fingerprint density at radius 3 is 2.40 bits per heavy atom. The molecule has 2 aromatic rings. The topological polar surface area (TPSA) is 50.8 Å². The van der Waals surface area contributed by atoms with Crippen molar-refractivity contribution in [2.24, 2.45) is 0 Å². The van der Waals surface area contributed by atoms with Crippen LogP contribution in [0.5, 0.6) is 5.75 Å². The van der Waals surface area contributed by atoms with Crippen molar-refractivity contribution >= 4 is 0 Å². The Hall–Kier alpha value is -2.36. The van der Waals surface area contributed by atoms with Crippen molar-refractivity contribution in [2.45, 2.75) is 20.3 Å². The molecular formula is C16H21N3O. The van der Waals surface area contributed by atoms with Crippen LogP contribution >= 0.6 is 0 Å². The van der Waals surface area contributed by atoms with E-state index < -0.39 is 0 Å². The Bertz CT molecular complexity index is 541. The van der Waals surface area contributed by atoms with E-state index in [4.69, 9.17) is 4.74 Å². The number of aryl methyl sites for hydroxylation is 1. The summed E-state index contributed by atoms with van der Waals surface area (Å²) in [6.45, 7) is 7.32. The maximum atomic E-state index is 5.09. The monoisotopic (exact) mass is 271 g/mol. The zero-order chi connectivity index (χ0) is 14.8. The highest BCUT2D eigenvalue weighted by molar-refractivity contribution is 5.28. The Kier molecular flexibility index (Phi) is 6.82. The normalized spacial score (nSPS) is 9.95. The van der Waals surface area contributed by atoms with Crippen molar-refractivity contribution in [1.82, 2.24) is 15.2 Å². The molecule has 20 heavy (non-hydrogen) atoms. The number of rotatable bonds is 4. The lowest BCUT2D eigenvalue weighted by atomic mass is 10.1. The van der Waals surface area contributed by atoms with Gasteiger partial charge in [0.15, 0.2) is 5.82 Å². The van der Waals surface area contributed by atoms with Gasteiger partial charge in [-0.15, -0.1) is 0 Å². The molecule has 0 saturated carbocycles. The Morgan fingerprint density at radius 2 is 2.00 bits per heavy atom. The van der Waals surface area contributed by atoms with E-state index in [1.54, 1.807) is 13.2 Å². The summed E-state index contributed by atoms with van der Waals surface area (Å²) >= 11 is 0. The van der Waals surface area contributed by atoms with Crippen LogP contribution < -0.4 is 4.74 Å². The van der Waals surface area contributed by atoms with Crippen LogP contribution in [0.1, 0.15) is 24.1 Å². The van der Waals surface area contributed by atoms with Crippen LogP contribution in [0.3, 0.4) is 0 Å². The van der Waals surface area contributed by atoms with Crippen molar-refractivity contribution in [1.29, 1.82) is 0 Å². The lowest BCUT2D eigenvalue weighted by Crippen LogP contribution is -1.91. The van der Waals surface area contributed by atoms with Gasteiger partial charge in [-0.05, 0) is 31.5 Å². The third-order valence-corrected chi connectivity index (χ3v) is 2.49. The van der Waals surface area contributed by atoms with E-state index in [0.29, 0.717) is 0 Å². The molecule has 0 amide bonds. The molecule has 0 fully saturated rings. The fourth-order valence-electron chi connectivity index (χ4n) is 1.53. The van der Waals surface area contributed by atoms with Crippen molar-refractivity contribution in [3.05, 3.63) is 66.3 Å². The molecule has 0 spiro atoms. The maximum absolute atomic E-state index is 5.09. The smallest absolute Gasteiger partial charge is 0.155 e. The van der Waals surface area contributed by atoms with Gasteiger partial charge in [0.05, 0.1) is 7.11 Å². The molecule has 1 aromatic carbocycles. The Balaban J connectivity index is 0.000000347. The van der Waals surface area contributed by atoms with Crippen molar-refractivity contribution in [2.75, 3.05) is 7.11 Å². The number of aromatic amines is 1. The Morgan fingerprint density at radius 1 is 1.30 bits per heavy atom. The van der Waals surface area contributed by atoms with Gasteiger partial charge in [0.1, 0.15) is 11.6 Å². The average molecular weight is 271 g/mol. The predicted molar refractivity (Wildman–Crippen MR) is 81.9 cm³/mol. The van der Waals surface area contributed by atoms with Gasteiger partial charge in [-0.2, -0.15) is 5.10 Å². The van der Waals surface area contributed by atoms with E-state index in [9.17, 15) is 0 Å². The minimum absolute atomic E-state index is 0.744. The second kappa shape index (κ2) is 8.69. The third-order valence-electron chi connectivity index (χ3n) is 2.49. The second-order valence-electron chi connectivity index (χ2n) is 4.12. The van der Waals surface area contributed by atoms with E-state index in [2.05, 4.69) is 21.8 Å². The third kappa shape index (κ3) is 5.52. The molecule has 1 aromatic heterocycles. The maximum Gasteiger partial charge on any atom is 0.155 e. The molecule has 0 atom stereocenters. The number of hydrogen-bond acceptors (Lipinski definition) is 3. The summed E-state index contributed by atoms with van der Waals surface area (Å²) in [6, 6.07) is 7.92. The predicted octanol–water partition coefficient (Wildman–Crippen LogP) is 3.46. The fraction of sp³-hybridized carbons (Fsp3) is 0.250. The molecule has 4 nitrogen and oxygen atoms in total. The van der Waals surface area contributed by atoms with E-state index >= 15 is 0 Å². The van der Waals surface area contributed by atoms with E-state index in [-0.39, 0.29) is 0 Å². The SMILES string of the molecule is C=C/C=C\C.COc1ccc(Cc2n[nH]c(C)n2)cc1. The minimum atomic E-state index is 0.744. The lowest BCUT2D eigenvalue weighted by molar-refractivity contribution is 0.414. The molecule has 0 aliphatic carbocycles. The van der Waals surface area contributed by atoms with Crippen LogP contribution in [0.25, 0.3) is 0 Å². The summed E-state index contributed by atoms with van der Waals surface area (Å²) in [7, 11) is 1.66. The number of H-pyrrole nitrogens is 1. The molecule has 2 rings (SSSR count). The Labute approximate surface area is 120 Å². The zero-order valence-electron chi connectivity index (χ0n) is 12.3. The van der Waals surface area contributed by atoms with Gasteiger partial charge in [-0.3, -0.25) is 5.10 Å². The van der Waals surface area contributed by atoms with Gasteiger partial charge in [-0.25, -0.2) is 4.98 Å². The van der Waals surface area contributed by atoms with Gasteiger partial charge in [0.25, 0.3) is 0 Å². The summed E-state index contributed by atoms with van der Waals surface area (Å²) in [5.74, 6) is 2.53. The summed E-state index contributed by atoms with van der Waals surface area (Å²) in [4.78, 5) is 4.25. The molecule has 0 aliphatic heterocycles. The van der Waals surface area contributed by atoms with Gasteiger partial charge >= 0.3 is 0 Å². The number of methoxy groups -OCH3 is 1. The summed E-state index contributed by atoms with van der Waals surface area (Å²) in [5.41, 5.74) is 1.18. The number of benzene rings is 1. The zero-order valence-corrected chi connectivity index (χ0v) is 12.3. The second-order valence-corrected chi connectivity index (χ2v) is 4.12. The van der Waals surface area contributed by atoms with Crippen molar-refractivity contribution < 1.29 is 4.74 Å². The highest BCUT2D eigenvalue weighted by Gasteiger charge is 2.01. The van der Waals surface area contributed by atoms with Crippen molar-refractivity contribution in [3.8, 4) is 5.75 Å². The highest BCUT2D eigenvalue weighted by Crippen LogP contribution is 2.13. The van der Waals surface area contributed by atoms with Crippen LogP contribution in [-0.2, 0) is 6.42 Å². The molecule has 0 bridgehead atoms. The highest BCUT2D eigenvalue weighted by atomic mass is 16.5. The van der Waals surface area contributed by atoms with Crippen LogP contribution in [0.4, 0.5) is 0 Å². The van der Waals surface area contributed by atoms with Gasteiger partial charge < -0.3 is 4.74 Å². The van der Waals surface area contributed by atoms with Gasteiger partial charge in [-0.1, -0.05) is 36.9 Å². The van der Waals surface area contributed by atoms with Crippen molar-refractivity contribution in [3.63, 3.8) is 0 Å². The summed E-state index contributed by atoms with van der Waals surface area (Å²) < 4.78 is 5.09. The van der Waals surface area contributed by atoms with Crippen LogP contribution in [0, 0.1) is 6.92 Å². The van der Waals surface area contributed by atoms with E-state index in [1.807, 2.05) is 50.3 Å². The number of allylic oxidation sites excluding steroid dienone is 3. The number of hydrogen-bond donors (Lipinski definition) is 1. The molecule has 0 aliphatic rings. The molecular weight excluding hydrogens is 250 g/mol. The molecule has 4 heteroatoms. The first-order valence-corrected chi connectivity index (χ1v) is 6.44. The van der Waals surface area contributed by atoms with Gasteiger partial charge in [0, 0.05) is 6.42 Å². The number of nitrogens with one attached hydrogen (secondary N) is 1. The van der Waals surface area contributed by atoms with Gasteiger partial charge in [0.2, 0.25) is 0 Å². The first-order chi connectivity index (χ1) is 9.69. The quantitative estimate of drug-likeness (QED) is 0.866. The van der Waals surface area contributed by atoms with E-state index in [0.717, 1.165) is 23.8 Å². The lowest BCUT2D eigenvalue weighted by Gasteiger charge is -2.00. The molecule has 0 saturated heterocycles. The number of ether oxygens (including phenoxy) is 1. The molecule has 1 N–H and O–H groups in total. The standard InChI is InChI=1S/C11H13N3O.C5H8/c1-8-12-11(14-13-8)7-9-3-5-10(15-2)6-4-9;1-3-5-4-2/h3-6H,7H2,1-2H3,(H,12,13,14);3-5H,1H2,2H3/b;5-4-. The molecule has 106 valence electrons. The fourth-order valence-corrected chi connectivity index (χ4v) is 1.53. The minimum Gasteiger partial charge on any atom is -0.497 e. The molecule has 1 heterocycles.